The molecule has 0 spiro atoms. The summed E-state index contributed by atoms with van der Waals surface area (Å²) >= 11 is 0. The molecule has 1 unspecified atom stereocenters. The number of carbonyl (C=O) groups is 1. The molecule has 2 aliphatic heterocycles. The van der Waals surface area contributed by atoms with Gasteiger partial charge in [-0.3, -0.25) is 9.36 Å². The van der Waals surface area contributed by atoms with Crippen LogP contribution in [0.2, 0.25) is 0 Å². The molecule has 0 N–H and O–H groups in total. The maximum Gasteiger partial charge on any atom is 0.262 e. The van der Waals surface area contributed by atoms with E-state index >= 15 is 0 Å². The zero-order valence-corrected chi connectivity index (χ0v) is 17.5. The Morgan fingerprint density at radius 2 is 2.00 bits per heavy atom. The zero-order chi connectivity index (χ0) is 20.5. The van der Waals surface area contributed by atoms with Crippen LogP contribution in [0.25, 0.3) is 10.9 Å². The lowest BCUT2D eigenvalue weighted by molar-refractivity contribution is 0.0964. The zero-order valence-electron chi connectivity index (χ0n) is 17.5. The molecule has 5 rings (SSSR count). The Labute approximate surface area is 177 Å². The van der Waals surface area contributed by atoms with Gasteiger partial charge in [-0.1, -0.05) is 24.3 Å². The first kappa shape index (κ1) is 19.1. The summed E-state index contributed by atoms with van der Waals surface area (Å²) in [6.07, 6.45) is 11.5. The number of carbonyl (C=O) groups excluding carboxylic acids is 1. The summed E-state index contributed by atoms with van der Waals surface area (Å²) in [6.45, 7) is 1.15. The van der Waals surface area contributed by atoms with E-state index in [1.807, 2.05) is 41.2 Å². The largest absolute Gasteiger partial charge is 0.494 e. The van der Waals surface area contributed by atoms with Gasteiger partial charge in [-0.2, -0.15) is 0 Å². The molecule has 2 aromatic carbocycles. The number of ether oxygens (including phenoxy) is 1. The third-order valence-electron chi connectivity index (χ3n) is 6.58. The van der Waals surface area contributed by atoms with Gasteiger partial charge in [0.15, 0.2) is 0 Å². The van der Waals surface area contributed by atoms with Crippen molar-refractivity contribution in [1.29, 1.82) is 0 Å². The summed E-state index contributed by atoms with van der Waals surface area (Å²) in [7, 11) is 2.21. The van der Waals surface area contributed by atoms with Crippen LogP contribution >= 0.6 is 0 Å². The monoisotopic (exact) mass is 400 g/mol. The van der Waals surface area contributed by atoms with Crippen molar-refractivity contribution >= 4 is 16.8 Å². The number of rotatable bonds is 4. The van der Waals surface area contributed by atoms with Crippen molar-refractivity contribution in [1.82, 2.24) is 9.47 Å². The molecule has 4 heteroatoms. The normalized spacial score (nSPS) is 21.8. The second kappa shape index (κ2) is 8.11. The third-order valence-corrected chi connectivity index (χ3v) is 6.58. The van der Waals surface area contributed by atoms with Crippen molar-refractivity contribution in [3.8, 4) is 0 Å². The van der Waals surface area contributed by atoms with Crippen LogP contribution in [0.15, 0.2) is 67.1 Å². The number of hydrogen-bond donors (Lipinski definition) is 0. The third kappa shape index (κ3) is 3.56. The summed E-state index contributed by atoms with van der Waals surface area (Å²) in [5.74, 6) is 0.0243. The van der Waals surface area contributed by atoms with E-state index in [0.717, 1.165) is 31.3 Å². The molecule has 154 valence electrons. The first-order chi connectivity index (χ1) is 14.7. The van der Waals surface area contributed by atoms with Crippen molar-refractivity contribution in [2.75, 3.05) is 13.6 Å². The highest BCUT2D eigenvalue weighted by molar-refractivity contribution is 6.03. The Morgan fingerprint density at radius 1 is 1.13 bits per heavy atom. The molecule has 2 aliphatic rings. The van der Waals surface area contributed by atoms with Crippen molar-refractivity contribution < 1.29 is 9.53 Å². The highest BCUT2D eigenvalue weighted by Crippen LogP contribution is 2.33. The Morgan fingerprint density at radius 3 is 2.73 bits per heavy atom. The maximum atomic E-state index is 13.3. The minimum absolute atomic E-state index is 0.0243. The number of fused-ring (bicyclic) bond motifs is 1. The van der Waals surface area contributed by atoms with E-state index in [1.165, 1.54) is 29.4 Å². The molecule has 1 saturated heterocycles. The molecule has 0 saturated carbocycles. The van der Waals surface area contributed by atoms with Crippen LogP contribution in [-0.2, 0) is 11.2 Å². The Balaban J connectivity index is 1.58. The van der Waals surface area contributed by atoms with Gasteiger partial charge in [-0.25, -0.2) is 0 Å². The van der Waals surface area contributed by atoms with Crippen molar-refractivity contribution in [3.63, 3.8) is 0 Å². The molecule has 1 fully saturated rings. The summed E-state index contributed by atoms with van der Waals surface area (Å²) in [5, 5.41) is 1.18. The smallest absolute Gasteiger partial charge is 0.262 e. The molecule has 30 heavy (non-hydrogen) atoms. The van der Waals surface area contributed by atoms with Crippen LogP contribution < -0.4 is 0 Å². The predicted octanol–water partition coefficient (Wildman–Crippen LogP) is 5.33. The summed E-state index contributed by atoms with van der Waals surface area (Å²) < 4.78 is 7.70. The Bertz CT molecular complexity index is 1080. The summed E-state index contributed by atoms with van der Waals surface area (Å²) in [4.78, 5) is 15.7. The van der Waals surface area contributed by atoms with Crippen LogP contribution in [0.3, 0.4) is 0 Å². The van der Waals surface area contributed by atoms with Gasteiger partial charge in [-0.05, 0) is 87.2 Å². The maximum absolute atomic E-state index is 13.3. The summed E-state index contributed by atoms with van der Waals surface area (Å²) in [5.41, 5.74) is 4.14. The van der Waals surface area contributed by atoms with Gasteiger partial charge in [0.2, 0.25) is 0 Å². The van der Waals surface area contributed by atoms with E-state index in [2.05, 4.69) is 42.4 Å². The lowest BCUT2D eigenvalue weighted by Crippen LogP contribution is -2.26. The van der Waals surface area contributed by atoms with Crippen molar-refractivity contribution in [3.05, 3.63) is 83.8 Å². The van der Waals surface area contributed by atoms with Crippen LogP contribution in [0.4, 0.5) is 0 Å². The molecule has 3 heterocycles. The number of likely N-dealkylation sites (N-methyl/N-ethyl adjacent to an activating group) is 1. The highest BCUT2D eigenvalue weighted by Gasteiger charge is 2.25. The Hall–Kier alpha value is -2.85. The standard InChI is InChI=1S/C26H28N2O2/c1-27-14-7-10-22(27)16-21-18-28(26(29)19-8-3-2-4-9-19)24-13-12-20(17-23(21)24)25-11-5-6-15-30-25/h2-4,6,8-9,12-13,15,17-18,22,25H,5,7,10-11,14,16H2,1H3/t22-,25?/m0/s1. The second-order valence-corrected chi connectivity index (χ2v) is 8.53. The first-order valence-corrected chi connectivity index (χ1v) is 10.9. The van der Waals surface area contributed by atoms with Gasteiger partial charge in [-0.15, -0.1) is 0 Å². The minimum Gasteiger partial charge on any atom is -0.494 e. The van der Waals surface area contributed by atoms with E-state index in [9.17, 15) is 4.79 Å². The SMILES string of the molecule is CN1CCC[C@H]1Cc1cn(C(=O)c2ccccc2)c2ccc(C3CCC=CO3)cc12. The molecule has 3 aromatic rings. The molecule has 0 radical (unpaired) electrons. The Kier molecular flexibility index (Phi) is 5.17. The van der Waals surface area contributed by atoms with Gasteiger partial charge in [0.25, 0.3) is 5.91 Å². The number of benzene rings is 2. The number of likely N-dealkylation sites (tertiary alicyclic amines) is 1. The van der Waals surface area contributed by atoms with Crippen LogP contribution in [0, 0.1) is 0 Å². The number of aromatic nitrogens is 1. The van der Waals surface area contributed by atoms with E-state index in [4.69, 9.17) is 4.74 Å². The molecule has 1 aromatic heterocycles. The first-order valence-electron chi connectivity index (χ1n) is 10.9. The average Bonchev–Trinajstić information content (AvgIpc) is 3.37. The lowest BCUT2D eigenvalue weighted by Gasteiger charge is -2.20. The van der Waals surface area contributed by atoms with Gasteiger partial charge in [0.05, 0.1) is 11.8 Å². The fourth-order valence-corrected chi connectivity index (χ4v) is 4.84. The topological polar surface area (TPSA) is 34.5 Å². The predicted molar refractivity (Wildman–Crippen MR) is 120 cm³/mol. The number of hydrogen-bond acceptors (Lipinski definition) is 3. The van der Waals surface area contributed by atoms with Crippen molar-refractivity contribution in [2.45, 2.75) is 44.2 Å². The van der Waals surface area contributed by atoms with Gasteiger partial charge in [0.1, 0.15) is 6.10 Å². The highest BCUT2D eigenvalue weighted by atomic mass is 16.5. The fourth-order valence-electron chi connectivity index (χ4n) is 4.84. The van der Waals surface area contributed by atoms with E-state index in [1.54, 1.807) is 0 Å². The molecular formula is C26H28N2O2. The summed E-state index contributed by atoms with van der Waals surface area (Å²) in [6, 6.07) is 16.5. The fraction of sp³-hybridized carbons (Fsp3) is 0.346. The molecule has 0 bridgehead atoms. The molecule has 4 nitrogen and oxygen atoms in total. The van der Waals surface area contributed by atoms with Crippen molar-refractivity contribution in [2.24, 2.45) is 0 Å². The van der Waals surface area contributed by atoms with Gasteiger partial charge < -0.3 is 9.64 Å². The van der Waals surface area contributed by atoms with Gasteiger partial charge in [0, 0.05) is 23.2 Å². The molecular weight excluding hydrogens is 372 g/mol. The molecule has 0 amide bonds. The number of nitrogens with zero attached hydrogens (tertiary/aromatic N) is 2. The van der Waals surface area contributed by atoms with Gasteiger partial charge >= 0.3 is 0 Å². The molecule has 0 aliphatic carbocycles. The number of allylic oxidation sites excluding steroid dienone is 1. The van der Waals surface area contributed by atoms with Crippen LogP contribution in [-0.4, -0.2) is 35.0 Å². The van der Waals surface area contributed by atoms with Crippen LogP contribution in [0.5, 0.6) is 0 Å². The minimum atomic E-state index is 0.0243. The lowest BCUT2D eigenvalue weighted by atomic mass is 9.98. The molecule has 2 atom stereocenters. The van der Waals surface area contributed by atoms with E-state index in [0.29, 0.717) is 11.6 Å². The van der Waals surface area contributed by atoms with E-state index in [-0.39, 0.29) is 12.0 Å². The van der Waals surface area contributed by atoms with Crippen LogP contribution in [0.1, 0.15) is 53.3 Å². The average molecular weight is 401 g/mol. The quantitative estimate of drug-likeness (QED) is 0.593. The van der Waals surface area contributed by atoms with E-state index < -0.39 is 0 Å². The second-order valence-electron chi connectivity index (χ2n) is 8.53.